The van der Waals surface area contributed by atoms with E-state index in [-0.39, 0.29) is 23.3 Å². The zero-order valence-corrected chi connectivity index (χ0v) is 8.32. The summed E-state index contributed by atoms with van der Waals surface area (Å²) in [6.45, 7) is 1.90. The highest BCUT2D eigenvalue weighted by Crippen LogP contribution is 2.37. The molecule has 4 heteroatoms. The zero-order chi connectivity index (χ0) is 10.7. The maximum atomic E-state index is 9.70. The van der Waals surface area contributed by atoms with Gasteiger partial charge in [-0.25, -0.2) is 0 Å². The van der Waals surface area contributed by atoms with E-state index in [0.717, 1.165) is 0 Å². The summed E-state index contributed by atoms with van der Waals surface area (Å²) >= 11 is 0. The summed E-state index contributed by atoms with van der Waals surface area (Å²) in [7, 11) is 1.43. The Morgan fingerprint density at radius 1 is 1.43 bits per heavy atom. The molecule has 4 nitrogen and oxygen atoms in total. The van der Waals surface area contributed by atoms with Crippen molar-refractivity contribution in [1.29, 1.82) is 0 Å². The van der Waals surface area contributed by atoms with Crippen LogP contribution in [0.15, 0.2) is 12.1 Å². The van der Waals surface area contributed by atoms with Crippen LogP contribution in [-0.2, 0) is 0 Å². The summed E-state index contributed by atoms with van der Waals surface area (Å²) in [6, 6.07) is 2.50. The Hall–Kier alpha value is -1.42. The number of ether oxygens (including phenoxy) is 1. The fraction of sp³-hybridized carbons (Fsp3) is 0.400. The normalized spacial score (nSPS) is 12.5. The largest absolute Gasteiger partial charge is 0.508 e. The molecule has 0 aliphatic heterocycles. The van der Waals surface area contributed by atoms with Crippen LogP contribution in [0.4, 0.5) is 0 Å². The van der Waals surface area contributed by atoms with Crippen LogP contribution >= 0.6 is 0 Å². The van der Waals surface area contributed by atoms with Crippen molar-refractivity contribution in [2.75, 3.05) is 7.11 Å². The number of methoxy groups -OCH3 is 1. The van der Waals surface area contributed by atoms with E-state index in [1.165, 1.54) is 19.2 Å². The fourth-order valence-electron chi connectivity index (χ4n) is 1.27. The molecular formula is C10H15NO3. The molecule has 0 fully saturated rings. The predicted octanol–water partition coefficient (Wildman–Crippen LogP) is 1.52. The SMILES string of the molecule is CC[C@@H](N)c1cc(O)cc(OC)c1O. The molecule has 0 radical (unpaired) electrons. The lowest BCUT2D eigenvalue weighted by molar-refractivity contribution is 0.363. The van der Waals surface area contributed by atoms with Crippen molar-refractivity contribution in [3.63, 3.8) is 0 Å². The molecule has 14 heavy (non-hydrogen) atoms. The number of rotatable bonds is 3. The third-order valence-corrected chi connectivity index (χ3v) is 2.15. The van der Waals surface area contributed by atoms with Gasteiger partial charge in [-0.05, 0) is 12.5 Å². The molecule has 0 spiro atoms. The number of hydrogen-bond donors (Lipinski definition) is 3. The highest BCUT2D eigenvalue weighted by molar-refractivity contribution is 5.51. The van der Waals surface area contributed by atoms with Crippen LogP contribution in [0.2, 0.25) is 0 Å². The van der Waals surface area contributed by atoms with E-state index < -0.39 is 0 Å². The Balaban J connectivity index is 3.21. The highest BCUT2D eigenvalue weighted by Gasteiger charge is 2.14. The van der Waals surface area contributed by atoms with E-state index in [1.54, 1.807) is 0 Å². The Morgan fingerprint density at radius 2 is 2.07 bits per heavy atom. The standard InChI is InChI=1S/C10H15NO3/c1-3-8(11)7-4-6(12)5-9(14-2)10(7)13/h4-5,8,12-13H,3,11H2,1-2H3/t8-/m1/s1. The predicted molar refractivity (Wildman–Crippen MR) is 53.5 cm³/mol. The summed E-state index contributed by atoms with van der Waals surface area (Å²) < 4.78 is 4.90. The van der Waals surface area contributed by atoms with Crippen LogP contribution in [0.1, 0.15) is 24.9 Å². The lowest BCUT2D eigenvalue weighted by atomic mass is 10.0. The van der Waals surface area contributed by atoms with E-state index >= 15 is 0 Å². The molecule has 0 heterocycles. The molecule has 0 amide bonds. The van der Waals surface area contributed by atoms with Gasteiger partial charge < -0.3 is 20.7 Å². The van der Waals surface area contributed by atoms with Gasteiger partial charge in [0.1, 0.15) is 5.75 Å². The van der Waals surface area contributed by atoms with Crippen LogP contribution < -0.4 is 10.5 Å². The van der Waals surface area contributed by atoms with Gasteiger partial charge >= 0.3 is 0 Å². The van der Waals surface area contributed by atoms with Crippen LogP contribution in [-0.4, -0.2) is 17.3 Å². The number of aromatic hydroxyl groups is 2. The maximum absolute atomic E-state index is 9.70. The highest BCUT2D eigenvalue weighted by atomic mass is 16.5. The monoisotopic (exact) mass is 197 g/mol. The molecule has 0 aromatic heterocycles. The van der Waals surface area contributed by atoms with Gasteiger partial charge in [0.15, 0.2) is 11.5 Å². The van der Waals surface area contributed by atoms with E-state index in [9.17, 15) is 10.2 Å². The first-order valence-electron chi connectivity index (χ1n) is 4.45. The molecule has 0 saturated carbocycles. The van der Waals surface area contributed by atoms with E-state index in [0.29, 0.717) is 12.0 Å². The smallest absolute Gasteiger partial charge is 0.164 e. The molecule has 1 rings (SSSR count). The van der Waals surface area contributed by atoms with Gasteiger partial charge in [0.2, 0.25) is 0 Å². The lowest BCUT2D eigenvalue weighted by Crippen LogP contribution is -2.09. The summed E-state index contributed by atoms with van der Waals surface area (Å²) in [4.78, 5) is 0. The van der Waals surface area contributed by atoms with Crippen molar-refractivity contribution >= 4 is 0 Å². The minimum absolute atomic E-state index is 0.000324. The molecule has 1 aromatic rings. The zero-order valence-electron chi connectivity index (χ0n) is 8.32. The van der Waals surface area contributed by atoms with Crippen LogP contribution in [0, 0.1) is 0 Å². The first-order chi connectivity index (χ1) is 6.60. The van der Waals surface area contributed by atoms with Crippen molar-refractivity contribution in [2.45, 2.75) is 19.4 Å². The van der Waals surface area contributed by atoms with Gasteiger partial charge in [-0.15, -0.1) is 0 Å². The van der Waals surface area contributed by atoms with Gasteiger partial charge in [0.25, 0.3) is 0 Å². The van der Waals surface area contributed by atoms with Crippen LogP contribution in [0.3, 0.4) is 0 Å². The molecule has 0 aliphatic rings. The number of nitrogens with two attached hydrogens (primary N) is 1. The minimum Gasteiger partial charge on any atom is -0.508 e. The van der Waals surface area contributed by atoms with Gasteiger partial charge in [-0.1, -0.05) is 6.92 Å². The van der Waals surface area contributed by atoms with Crippen LogP contribution in [0.5, 0.6) is 17.2 Å². The summed E-state index contributed by atoms with van der Waals surface area (Å²) in [5.74, 6) is 0.280. The number of phenolic OH excluding ortho intramolecular Hbond substituents is 2. The Bertz CT molecular complexity index is 325. The van der Waals surface area contributed by atoms with Crippen molar-refractivity contribution in [3.05, 3.63) is 17.7 Å². The fourth-order valence-corrected chi connectivity index (χ4v) is 1.27. The van der Waals surface area contributed by atoms with E-state index in [2.05, 4.69) is 0 Å². The molecule has 1 aromatic carbocycles. The molecule has 0 saturated heterocycles. The Kier molecular flexibility index (Phi) is 3.19. The van der Waals surface area contributed by atoms with Gasteiger partial charge in [0, 0.05) is 17.7 Å². The van der Waals surface area contributed by atoms with Gasteiger partial charge in [0.05, 0.1) is 7.11 Å². The molecule has 1 atom stereocenters. The van der Waals surface area contributed by atoms with Crippen molar-refractivity contribution in [1.82, 2.24) is 0 Å². The quantitative estimate of drug-likeness (QED) is 0.642. The molecule has 0 bridgehead atoms. The Morgan fingerprint density at radius 3 is 2.57 bits per heavy atom. The summed E-state index contributed by atoms with van der Waals surface area (Å²) in [6.07, 6.45) is 0.681. The third kappa shape index (κ3) is 1.90. The molecule has 0 unspecified atom stereocenters. The summed E-state index contributed by atoms with van der Waals surface area (Å²) in [5.41, 5.74) is 6.26. The lowest BCUT2D eigenvalue weighted by Gasteiger charge is -2.14. The van der Waals surface area contributed by atoms with E-state index in [4.69, 9.17) is 10.5 Å². The maximum Gasteiger partial charge on any atom is 0.164 e. The van der Waals surface area contributed by atoms with Crippen molar-refractivity contribution in [2.24, 2.45) is 5.73 Å². The molecule has 78 valence electrons. The first-order valence-corrected chi connectivity index (χ1v) is 4.45. The number of hydrogen-bond acceptors (Lipinski definition) is 4. The minimum atomic E-state index is -0.295. The second-order valence-corrected chi connectivity index (χ2v) is 3.10. The molecule has 4 N–H and O–H groups in total. The number of benzene rings is 1. The Labute approximate surface area is 82.9 Å². The van der Waals surface area contributed by atoms with Crippen molar-refractivity contribution < 1.29 is 14.9 Å². The number of phenols is 2. The third-order valence-electron chi connectivity index (χ3n) is 2.15. The van der Waals surface area contributed by atoms with Gasteiger partial charge in [-0.3, -0.25) is 0 Å². The topological polar surface area (TPSA) is 75.7 Å². The molecular weight excluding hydrogens is 182 g/mol. The first kappa shape index (κ1) is 10.7. The van der Waals surface area contributed by atoms with Crippen LogP contribution in [0.25, 0.3) is 0 Å². The summed E-state index contributed by atoms with van der Waals surface area (Å²) in [5, 5.41) is 19.0. The second kappa shape index (κ2) is 4.19. The second-order valence-electron chi connectivity index (χ2n) is 3.10. The van der Waals surface area contributed by atoms with Gasteiger partial charge in [-0.2, -0.15) is 0 Å². The van der Waals surface area contributed by atoms with Crippen molar-refractivity contribution in [3.8, 4) is 17.2 Å². The average molecular weight is 197 g/mol. The van der Waals surface area contributed by atoms with E-state index in [1.807, 2.05) is 6.92 Å². The average Bonchev–Trinajstić information content (AvgIpc) is 2.19. The molecule has 0 aliphatic carbocycles.